The number of carbonyl (C=O) groups excluding carboxylic acids is 2. The van der Waals surface area contributed by atoms with Gasteiger partial charge in [0.1, 0.15) is 4.88 Å². The molecule has 1 N–H and O–H groups in total. The van der Waals surface area contributed by atoms with Crippen LogP contribution in [-0.2, 0) is 9.53 Å². The summed E-state index contributed by atoms with van der Waals surface area (Å²) in [6.45, 7) is 1.58. The molecule has 1 unspecified atom stereocenters. The molecule has 1 aliphatic carbocycles. The summed E-state index contributed by atoms with van der Waals surface area (Å²) in [7, 11) is 0. The first-order valence-electron chi connectivity index (χ1n) is 5.33. The summed E-state index contributed by atoms with van der Waals surface area (Å²) in [6.07, 6.45) is 1.29. The molecule has 1 atom stereocenters. The molecule has 1 saturated carbocycles. The molecule has 1 aromatic heterocycles. The summed E-state index contributed by atoms with van der Waals surface area (Å²) in [6, 6.07) is 3.72. The van der Waals surface area contributed by atoms with E-state index in [0.29, 0.717) is 4.88 Å². The standard InChI is InChI=1S/C11H12BrNO3S/c1-6(10(14)13-7-2-3-7)16-11(15)8-4-5-9(12)17-8/h4-7H,2-3H2,1H3,(H,13,14). The average Bonchev–Trinajstić information content (AvgIpc) is 2.97. The molecule has 0 spiro atoms. The van der Waals surface area contributed by atoms with Crippen molar-refractivity contribution in [3.8, 4) is 0 Å². The van der Waals surface area contributed by atoms with Crippen LogP contribution in [0.15, 0.2) is 15.9 Å². The molecular formula is C11H12BrNO3S. The molecule has 92 valence electrons. The van der Waals surface area contributed by atoms with Crippen molar-refractivity contribution >= 4 is 39.1 Å². The van der Waals surface area contributed by atoms with Crippen molar-refractivity contribution in [2.24, 2.45) is 0 Å². The molecule has 1 amide bonds. The predicted molar refractivity (Wildman–Crippen MR) is 68.1 cm³/mol. The first-order chi connectivity index (χ1) is 8.06. The zero-order valence-corrected chi connectivity index (χ0v) is 11.6. The summed E-state index contributed by atoms with van der Waals surface area (Å²) < 4.78 is 5.94. The Morgan fingerprint density at radius 1 is 1.53 bits per heavy atom. The Morgan fingerprint density at radius 3 is 2.76 bits per heavy atom. The Balaban J connectivity index is 1.86. The van der Waals surface area contributed by atoms with E-state index in [0.717, 1.165) is 16.6 Å². The van der Waals surface area contributed by atoms with Crippen molar-refractivity contribution in [1.29, 1.82) is 0 Å². The number of thiophene rings is 1. The first-order valence-corrected chi connectivity index (χ1v) is 6.94. The van der Waals surface area contributed by atoms with Gasteiger partial charge in [0, 0.05) is 6.04 Å². The third kappa shape index (κ3) is 3.54. The van der Waals surface area contributed by atoms with Crippen LogP contribution in [0.1, 0.15) is 29.4 Å². The normalized spacial score (nSPS) is 16.4. The van der Waals surface area contributed by atoms with E-state index in [1.54, 1.807) is 19.1 Å². The van der Waals surface area contributed by atoms with Crippen molar-refractivity contribution in [3.63, 3.8) is 0 Å². The van der Waals surface area contributed by atoms with Crippen molar-refractivity contribution in [1.82, 2.24) is 5.32 Å². The SMILES string of the molecule is CC(OC(=O)c1ccc(Br)s1)C(=O)NC1CC1. The molecule has 1 aliphatic rings. The maximum absolute atomic E-state index is 11.7. The molecule has 0 radical (unpaired) electrons. The summed E-state index contributed by atoms with van der Waals surface area (Å²) >= 11 is 4.55. The summed E-state index contributed by atoms with van der Waals surface area (Å²) in [5.74, 6) is -0.685. The van der Waals surface area contributed by atoms with Crippen LogP contribution in [0.5, 0.6) is 0 Å². The van der Waals surface area contributed by atoms with Gasteiger partial charge >= 0.3 is 5.97 Å². The lowest BCUT2D eigenvalue weighted by atomic mass is 10.3. The van der Waals surface area contributed by atoms with Crippen molar-refractivity contribution in [2.45, 2.75) is 31.9 Å². The monoisotopic (exact) mass is 317 g/mol. The van der Waals surface area contributed by atoms with Gasteiger partial charge in [-0.15, -0.1) is 11.3 Å². The van der Waals surface area contributed by atoms with Gasteiger partial charge in [0.15, 0.2) is 6.10 Å². The third-order valence-electron chi connectivity index (χ3n) is 2.35. The quantitative estimate of drug-likeness (QED) is 0.867. The maximum atomic E-state index is 11.7. The van der Waals surface area contributed by atoms with Crippen LogP contribution in [0.2, 0.25) is 0 Å². The number of halogens is 1. The topological polar surface area (TPSA) is 55.4 Å². The van der Waals surface area contributed by atoms with Gasteiger partial charge in [0.25, 0.3) is 5.91 Å². The van der Waals surface area contributed by atoms with E-state index in [2.05, 4.69) is 21.2 Å². The van der Waals surface area contributed by atoms with Crippen LogP contribution in [-0.4, -0.2) is 24.0 Å². The fraction of sp³-hybridized carbons (Fsp3) is 0.455. The molecule has 1 aromatic rings. The molecule has 6 heteroatoms. The van der Waals surface area contributed by atoms with Crippen molar-refractivity contribution in [2.75, 3.05) is 0 Å². The highest BCUT2D eigenvalue weighted by Gasteiger charge is 2.27. The van der Waals surface area contributed by atoms with Crippen LogP contribution in [0.3, 0.4) is 0 Å². The minimum absolute atomic E-state index is 0.225. The number of hydrogen-bond donors (Lipinski definition) is 1. The summed E-state index contributed by atoms with van der Waals surface area (Å²) in [5, 5.41) is 2.79. The highest BCUT2D eigenvalue weighted by Crippen LogP contribution is 2.23. The lowest BCUT2D eigenvalue weighted by Gasteiger charge is -2.12. The number of carbonyl (C=O) groups is 2. The van der Waals surface area contributed by atoms with E-state index in [9.17, 15) is 9.59 Å². The van der Waals surface area contributed by atoms with Gasteiger partial charge in [-0.1, -0.05) is 0 Å². The lowest BCUT2D eigenvalue weighted by molar-refractivity contribution is -0.129. The second kappa shape index (κ2) is 5.18. The smallest absolute Gasteiger partial charge is 0.349 e. The second-order valence-corrected chi connectivity index (χ2v) is 6.40. The molecule has 4 nitrogen and oxygen atoms in total. The second-order valence-electron chi connectivity index (χ2n) is 3.93. The maximum Gasteiger partial charge on any atom is 0.349 e. The van der Waals surface area contributed by atoms with E-state index in [4.69, 9.17) is 4.74 Å². The number of amides is 1. The van der Waals surface area contributed by atoms with Crippen LogP contribution < -0.4 is 5.32 Å². The molecular weight excluding hydrogens is 306 g/mol. The van der Waals surface area contributed by atoms with Crippen LogP contribution in [0.25, 0.3) is 0 Å². The highest BCUT2D eigenvalue weighted by molar-refractivity contribution is 9.11. The minimum atomic E-state index is -0.746. The molecule has 2 rings (SSSR count). The number of nitrogens with one attached hydrogen (secondary N) is 1. The summed E-state index contributed by atoms with van der Waals surface area (Å²) in [4.78, 5) is 23.7. The van der Waals surface area contributed by atoms with E-state index in [-0.39, 0.29) is 11.9 Å². The predicted octanol–water partition coefficient (Wildman–Crippen LogP) is 2.33. The van der Waals surface area contributed by atoms with E-state index in [1.807, 2.05) is 0 Å². The van der Waals surface area contributed by atoms with Gasteiger partial charge in [0.05, 0.1) is 3.79 Å². The minimum Gasteiger partial charge on any atom is -0.448 e. The number of esters is 1. The molecule has 1 heterocycles. The third-order valence-corrected chi connectivity index (χ3v) is 3.95. The zero-order chi connectivity index (χ0) is 12.4. The summed E-state index contributed by atoms with van der Waals surface area (Å²) in [5.41, 5.74) is 0. The Morgan fingerprint density at radius 2 is 2.24 bits per heavy atom. The molecule has 1 fully saturated rings. The van der Waals surface area contributed by atoms with Crippen LogP contribution in [0, 0.1) is 0 Å². The Hall–Kier alpha value is -0.880. The molecule has 0 aromatic carbocycles. The molecule has 17 heavy (non-hydrogen) atoms. The zero-order valence-electron chi connectivity index (χ0n) is 9.23. The number of rotatable bonds is 4. The van der Waals surface area contributed by atoms with Gasteiger partial charge in [-0.2, -0.15) is 0 Å². The number of ether oxygens (including phenoxy) is 1. The first kappa shape index (κ1) is 12.6. The van der Waals surface area contributed by atoms with E-state index >= 15 is 0 Å². The van der Waals surface area contributed by atoms with E-state index in [1.165, 1.54) is 11.3 Å². The Kier molecular flexibility index (Phi) is 3.83. The van der Waals surface area contributed by atoms with Gasteiger partial charge < -0.3 is 10.1 Å². The van der Waals surface area contributed by atoms with Gasteiger partial charge in [-0.3, -0.25) is 4.79 Å². The van der Waals surface area contributed by atoms with Crippen molar-refractivity contribution in [3.05, 3.63) is 20.8 Å². The Bertz CT molecular complexity index is 442. The van der Waals surface area contributed by atoms with Gasteiger partial charge in [-0.25, -0.2) is 4.79 Å². The fourth-order valence-electron chi connectivity index (χ4n) is 1.24. The van der Waals surface area contributed by atoms with Crippen LogP contribution in [0.4, 0.5) is 0 Å². The van der Waals surface area contributed by atoms with E-state index < -0.39 is 12.1 Å². The van der Waals surface area contributed by atoms with Gasteiger partial charge in [-0.05, 0) is 47.8 Å². The molecule has 0 bridgehead atoms. The fourth-order valence-corrected chi connectivity index (χ4v) is 2.51. The molecule has 0 aliphatic heterocycles. The van der Waals surface area contributed by atoms with Crippen molar-refractivity contribution < 1.29 is 14.3 Å². The van der Waals surface area contributed by atoms with Gasteiger partial charge in [0.2, 0.25) is 0 Å². The number of hydrogen-bond acceptors (Lipinski definition) is 4. The Labute approximate surface area is 111 Å². The molecule has 0 saturated heterocycles. The average molecular weight is 318 g/mol. The van der Waals surface area contributed by atoms with Crippen LogP contribution >= 0.6 is 27.3 Å². The highest BCUT2D eigenvalue weighted by atomic mass is 79.9. The largest absolute Gasteiger partial charge is 0.448 e. The lowest BCUT2D eigenvalue weighted by Crippen LogP contribution is -2.36.